The second-order valence-corrected chi connectivity index (χ2v) is 4.85. The number of anilines is 1. The Morgan fingerprint density at radius 3 is 3.05 bits per heavy atom. The van der Waals surface area contributed by atoms with Crippen molar-refractivity contribution in [2.45, 2.75) is 19.6 Å². The minimum absolute atomic E-state index is 0.187. The van der Waals surface area contributed by atoms with E-state index in [1.54, 1.807) is 19.1 Å². The summed E-state index contributed by atoms with van der Waals surface area (Å²) >= 11 is 0. The zero-order valence-electron chi connectivity index (χ0n) is 11.9. The van der Waals surface area contributed by atoms with Crippen LogP contribution in [0, 0.1) is 0 Å². The zero-order valence-corrected chi connectivity index (χ0v) is 11.9. The van der Waals surface area contributed by atoms with E-state index in [1.165, 1.54) is 18.6 Å². The van der Waals surface area contributed by atoms with Gasteiger partial charge in [0.15, 0.2) is 6.10 Å². The van der Waals surface area contributed by atoms with Gasteiger partial charge in [0, 0.05) is 18.9 Å². The van der Waals surface area contributed by atoms with Gasteiger partial charge in [-0.25, -0.2) is 4.98 Å². The van der Waals surface area contributed by atoms with Gasteiger partial charge in [-0.3, -0.25) is 14.6 Å². The molecule has 1 aliphatic heterocycles. The van der Waals surface area contributed by atoms with Crippen molar-refractivity contribution in [2.24, 2.45) is 0 Å². The number of ether oxygens (including phenoxy) is 1. The van der Waals surface area contributed by atoms with Crippen molar-refractivity contribution in [3.05, 3.63) is 48.0 Å². The highest BCUT2D eigenvalue weighted by Crippen LogP contribution is 2.30. The molecule has 7 heteroatoms. The fraction of sp³-hybridized carbons (Fsp3) is 0.200. The molecule has 0 saturated heterocycles. The van der Waals surface area contributed by atoms with E-state index in [9.17, 15) is 9.59 Å². The Morgan fingerprint density at radius 2 is 2.27 bits per heavy atom. The number of nitrogens with one attached hydrogen (secondary N) is 2. The van der Waals surface area contributed by atoms with E-state index in [0.29, 0.717) is 18.0 Å². The number of carbonyl (C=O) groups is 2. The average Bonchev–Trinajstić information content (AvgIpc) is 2.54. The van der Waals surface area contributed by atoms with Crippen LogP contribution in [0.3, 0.4) is 0 Å². The number of hydrogen-bond donors (Lipinski definition) is 2. The number of amides is 2. The fourth-order valence-electron chi connectivity index (χ4n) is 2.06. The van der Waals surface area contributed by atoms with Gasteiger partial charge in [0.1, 0.15) is 11.4 Å². The molecular weight excluding hydrogens is 284 g/mol. The van der Waals surface area contributed by atoms with E-state index in [4.69, 9.17) is 4.74 Å². The topological polar surface area (TPSA) is 93.2 Å². The number of rotatable bonds is 3. The Labute approximate surface area is 126 Å². The minimum Gasteiger partial charge on any atom is -0.479 e. The Bertz CT molecular complexity index is 718. The number of benzene rings is 1. The standard InChI is InChI=1S/C15H14N4O3/c1-9-14(20)19-11-6-10(2-3-13(11)22-9)7-18-15(21)12-8-16-4-5-17-12/h2-6,8-9H,7H2,1H3,(H,18,21)(H,19,20). The maximum Gasteiger partial charge on any atom is 0.271 e. The fourth-order valence-corrected chi connectivity index (χ4v) is 2.06. The number of fused-ring (bicyclic) bond motifs is 1. The van der Waals surface area contributed by atoms with E-state index in [2.05, 4.69) is 20.6 Å². The predicted molar refractivity (Wildman–Crippen MR) is 78.4 cm³/mol. The summed E-state index contributed by atoms with van der Waals surface area (Å²) in [7, 11) is 0. The Morgan fingerprint density at radius 1 is 1.41 bits per heavy atom. The number of carbonyl (C=O) groups excluding carboxylic acids is 2. The smallest absolute Gasteiger partial charge is 0.271 e. The molecule has 1 atom stereocenters. The lowest BCUT2D eigenvalue weighted by atomic mass is 10.1. The summed E-state index contributed by atoms with van der Waals surface area (Å²) in [6, 6.07) is 5.38. The van der Waals surface area contributed by atoms with Crippen LogP contribution in [0.1, 0.15) is 23.0 Å². The maximum atomic E-state index is 11.9. The van der Waals surface area contributed by atoms with E-state index in [-0.39, 0.29) is 17.5 Å². The zero-order chi connectivity index (χ0) is 15.5. The van der Waals surface area contributed by atoms with Crippen molar-refractivity contribution < 1.29 is 14.3 Å². The highest BCUT2D eigenvalue weighted by Gasteiger charge is 2.23. The van der Waals surface area contributed by atoms with Crippen LogP contribution in [-0.2, 0) is 11.3 Å². The van der Waals surface area contributed by atoms with Crippen molar-refractivity contribution in [3.63, 3.8) is 0 Å². The molecule has 7 nitrogen and oxygen atoms in total. The van der Waals surface area contributed by atoms with Crippen LogP contribution >= 0.6 is 0 Å². The molecule has 0 aliphatic carbocycles. The first-order chi connectivity index (χ1) is 10.6. The summed E-state index contributed by atoms with van der Waals surface area (Å²) in [6.45, 7) is 2.00. The van der Waals surface area contributed by atoms with Crippen molar-refractivity contribution in [2.75, 3.05) is 5.32 Å². The first-order valence-corrected chi connectivity index (χ1v) is 6.78. The van der Waals surface area contributed by atoms with Crippen molar-refractivity contribution in [1.29, 1.82) is 0 Å². The third kappa shape index (κ3) is 2.88. The second kappa shape index (κ2) is 5.80. The summed E-state index contributed by atoms with van der Waals surface area (Å²) in [4.78, 5) is 31.3. The van der Waals surface area contributed by atoms with E-state index >= 15 is 0 Å². The second-order valence-electron chi connectivity index (χ2n) is 4.85. The third-order valence-electron chi connectivity index (χ3n) is 3.22. The van der Waals surface area contributed by atoms with Gasteiger partial charge in [-0.15, -0.1) is 0 Å². The Balaban J connectivity index is 1.68. The summed E-state index contributed by atoms with van der Waals surface area (Å²) in [5, 5.41) is 5.52. The number of aromatic nitrogens is 2. The normalized spacial score (nSPS) is 16.2. The van der Waals surface area contributed by atoms with Gasteiger partial charge in [0.25, 0.3) is 11.8 Å². The van der Waals surface area contributed by atoms with Crippen LogP contribution in [0.25, 0.3) is 0 Å². The molecule has 2 aromatic rings. The molecule has 0 saturated carbocycles. The molecule has 1 aromatic carbocycles. The van der Waals surface area contributed by atoms with E-state index < -0.39 is 6.10 Å². The molecule has 112 valence electrons. The Hall–Kier alpha value is -2.96. The lowest BCUT2D eigenvalue weighted by Crippen LogP contribution is -2.34. The van der Waals surface area contributed by atoms with Crippen LogP contribution in [0.5, 0.6) is 5.75 Å². The van der Waals surface area contributed by atoms with Crippen LogP contribution < -0.4 is 15.4 Å². The summed E-state index contributed by atoms with van der Waals surface area (Å²) in [5.74, 6) is 0.129. The Kier molecular flexibility index (Phi) is 3.69. The van der Waals surface area contributed by atoms with Gasteiger partial charge in [-0.1, -0.05) is 6.07 Å². The van der Waals surface area contributed by atoms with Crippen LogP contribution in [0.2, 0.25) is 0 Å². The molecule has 2 amide bonds. The van der Waals surface area contributed by atoms with E-state index in [1.807, 2.05) is 6.07 Å². The summed E-state index contributed by atoms with van der Waals surface area (Å²) in [5.41, 5.74) is 1.70. The van der Waals surface area contributed by atoms with Crippen LogP contribution in [0.15, 0.2) is 36.8 Å². The molecule has 1 unspecified atom stereocenters. The van der Waals surface area contributed by atoms with Crippen molar-refractivity contribution in [1.82, 2.24) is 15.3 Å². The molecule has 3 rings (SSSR count). The molecule has 0 bridgehead atoms. The summed E-state index contributed by atoms with van der Waals surface area (Å²) in [6.07, 6.45) is 3.86. The van der Waals surface area contributed by atoms with Crippen molar-refractivity contribution in [3.8, 4) is 5.75 Å². The van der Waals surface area contributed by atoms with Crippen LogP contribution in [-0.4, -0.2) is 27.9 Å². The SMILES string of the molecule is CC1Oc2ccc(CNC(=O)c3cnccn3)cc2NC1=O. The van der Waals surface area contributed by atoms with Gasteiger partial charge in [-0.05, 0) is 24.6 Å². The lowest BCUT2D eigenvalue weighted by Gasteiger charge is -2.23. The highest BCUT2D eigenvalue weighted by atomic mass is 16.5. The van der Waals surface area contributed by atoms with Gasteiger partial charge in [-0.2, -0.15) is 0 Å². The van der Waals surface area contributed by atoms with Crippen molar-refractivity contribution >= 4 is 17.5 Å². The molecule has 1 aromatic heterocycles. The van der Waals surface area contributed by atoms with Gasteiger partial charge in [0.2, 0.25) is 0 Å². The monoisotopic (exact) mass is 298 g/mol. The minimum atomic E-state index is -0.505. The van der Waals surface area contributed by atoms with Gasteiger partial charge in [0.05, 0.1) is 11.9 Å². The van der Waals surface area contributed by atoms with Crippen LogP contribution in [0.4, 0.5) is 5.69 Å². The molecule has 22 heavy (non-hydrogen) atoms. The average molecular weight is 298 g/mol. The quantitative estimate of drug-likeness (QED) is 0.886. The molecule has 0 radical (unpaired) electrons. The largest absolute Gasteiger partial charge is 0.479 e. The molecule has 2 heterocycles. The number of hydrogen-bond acceptors (Lipinski definition) is 5. The van der Waals surface area contributed by atoms with E-state index in [0.717, 1.165) is 5.56 Å². The molecule has 2 N–H and O–H groups in total. The third-order valence-corrected chi connectivity index (χ3v) is 3.22. The summed E-state index contributed by atoms with van der Waals surface area (Å²) < 4.78 is 5.48. The highest BCUT2D eigenvalue weighted by molar-refractivity contribution is 5.97. The van der Waals surface area contributed by atoms with Gasteiger partial charge >= 0.3 is 0 Å². The number of nitrogens with zero attached hydrogens (tertiary/aromatic N) is 2. The predicted octanol–water partition coefficient (Wildman–Crippen LogP) is 1.13. The molecule has 1 aliphatic rings. The molecule has 0 spiro atoms. The first kappa shape index (κ1) is 14.0. The molecule has 0 fully saturated rings. The molecular formula is C15H14N4O3. The first-order valence-electron chi connectivity index (χ1n) is 6.78. The maximum absolute atomic E-state index is 11.9. The lowest BCUT2D eigenvalue weighted by molar-refractivity contribution is -0.122. The van der Waals surface area contributed by atoms with Gasteiger partial charge < -0.3 is 15.4 Å².